The molecule has 140 valence electrons. The third-order valence-electron chi connectivity index (χ3n) is 4.58. The zero-order chi connectivity index (χ0) is 19.3. The largest absolute Gasteiger partial charge is 0.459 e. The van der Waals surface area contributed by atoms with Crippen LogP contribution in [-0.4, -0.2) is 15.7 Å². The summed E-state index contributed by atoms with van der Waals surface area (Å²) in [6, 6.07) is 22.0. The number of aromatic nitrogens is 2. The van der Waals surface area contributed by atoms with Gasteiger partial charge in [-0.1, -0.05) is 60.7 Å². The highest BCUT2D eigenvalue weighted by Gasteiger charge is 2.16. The Balaban J connectivity index is 1.59. The fourth-order valence-electron chi connectivity index (χ4n) is 3.14. The maximum absolute atomic E-state index is 12.4. The zero-order valence-electron chi connectivity index (χ0n) is 15.6. The minimum atomic E-state index is -0.225. The Hall–Kier alpha value is -3.60. The summed E-state index contributed by atoms with van der Waals surface area (Å²) in [7, 11) is 0. The van der Waals surface area contributed by atoms with Crippen molar-refractivity contribution in [2.24, 2.45) is 0 Å². The summed E-state index contributed by atoms with van der Waals surface area (Å²) in [5.41, 5.74) is 4.84. The van der Waals surface area contributed by atoms with Crippen molar-refractivity contribution < 1.29 is 9.21 Å². The first-order chi connectivity index (χ1) is 13.7. The Labute approximate surface area is 163 Å². The van der Waals surface area contributed by atoms with Crippen LogP contribution in [0.4, 0.5) is 0 Å². The van der Waals surface area contributed by atoms with Crippen molar-refractivity contribution in [1.82, 2.24) is 15.1 Å². The molecule has 4 rings (SSSR count). The van der Waals surface area contributed by atoms with Crippen molar-refractivity contribution in [2.45, 2.75) is 20.0 Å². The topological polar surface area (TPSA) is 60.1 Å². The molecule has 0 fully saturated rings. The number of hydrogen-bond acceptors (Lipinski definition) is 3. The van der Waals surface area contributed by atoms with Gasteiger partial charge in [0.15, 0.2) is 5.76 Å². The van der Waals surface area contributed by atoms with Gasteiger partial charge in [-0.3, -0.25) is 9.48 Å². The molecule has 0 saturated carbocycles. The van der Waals surface area contributed by atoms with Crippen LogP contribution in [0.15, 0.2) is 83.6 Å². The molecule has 0 aliphatic heterocycles. The molecule has 0 atom stereocenters. The highest BCUT2D eigenvalue weighted by atomic mass is 16.3. The van der Waals surface area contributed by atoms with E-state index in [0.29, 0.717) is 18.8 Å². The van der Waals surface area contributed by atoms with E-state index in [0.717, 1.165) is 22.4 Å². The molecule has 0 saturated heterocycles. The molecule has 0 spiro atoms. The van der Waals surface area contributed by atoms with Crippen LogP contribution in [0, 0.1) is 6.92 Å². The molecule has 28 heavy (non-hydrogen) atoms. The summed E-state index contributed by atoms with van der Waals surface area (Å²) in [6.07, 6.45) is 3.52. The number of benzene rings is 2. The molecular weight excluding hydrogens is 350 g/mol. The summed E-state index contributed by atoms with van der Waals surface area (Å²) in [4.78, 5) is 12.4. The lowest BCUT2D eigenvalue weighted by Crippen LogP contribution is -2.23. The van der Waals surface area contributed by atoms with Gasteiger partial charge in [-0.2, -0.15) is 5.10 Å². The molecule has 1 amide bonds. The van der Waals surface area contributed by atoms with Crippen molar-refractivity contribution in [2.75, 3.05) is 0 Å². The van der Waals surface area contributed by atoms with Crippen molar-refractivity contribution in [3.05, 3.63) is 102 Å². The number of rotatable bonds is 6. The molecule has 0 aliphatic rings. The first kappa shape index (κ1) is 17.8. The van der Waals surface area contributed by atoms with Crippen LogP contribution >= 0.6 is 0 Å². The van der Waals surface area contributed by atoms with Gasteiger partial charge in [0.25, 0.3) is 5.91 Å². The van der Waals surface area contributed by atoms with Crippen LogP contribution in [0.25, 0.3) is 11.3 Å². The Kier molecular flexibility index (Phi) is 5.06. The SMILES string of the molecule is Cc1ccoc1C(=O)NCc1cn(Cc2ccccc2)nc1-c1ccccc1. The van der Waals surface area contributed by atoms with E-state index in [9.17, 15) is 4.79 Å². The molecule has 0 radical (unpaired) electrons. The molecule has 0 aliphatic carbocycles. The fraction of sp³-hybridized carbons (Fsp3) is 0.130. The number of carbonyl (C=O) groups excluding carboxylic acids is 1. The van der Waals surface area contributed by atoms with Gasteiger partial charge in [0.05, 0.1) is 18.5 Å². The smallest absolute Gasteiger partial charge is 0.287 e. The summed E-state index contributed by atoms with van der Waals surface area (Å²) >= 11 is 0. The van der Waals surface area contributed by atoms with E-state index in [-0.39, 0.29) is 5.91 Å². The Bertz CT molecular complexity index is 1070. The van der Waals surface area contributed by atoms with Crippen LogP contribution in [0.2, 0.25) is 0 Å². The first-order valence-corrected chi connectivity index (χ1v) is 9.18. The standard InChI is InChI=1S/C23H21N3O2/c1-17-12-13-28-22(17)23(27)24-14-20-16-26(15-18-8-4-2-5-9-18)25-21(20)19-10-6-3-7-11-19/h2-13,16H,14-15H2,1H3,(H,24,27). The second-order valence-electron chi connectivity index (χ2n) is 6.67. The Morgan fingerprint density at radius 1 is 1.04 bits per heavy atom. The predicted molar refractivity (Wildman–Crippen MR) is 108 cm³/mol. The molecule has 2 heterocycles. The summed E-state index contributed by atoms with van der Waals surface area (Å²) in [6.45, 7) is 2.90. The quantitative estimate of drug-likeness (QED) is 0.545. The van der Waals surface area contributed by atoms with Gasteiger partial charge < -0.3 is 9.73 Å². The molecule has 5 heteroatoms. The highest BCUT2D eigenvalue weighted by Crippen LogP contribution is 2.22. The first-order valence-electron chi connectivity index (χ1n) is 9.18. The molecular formula is C23H21N3O2. The number of hydrogen-bond donors (Lipinski definition) is 1. The monoisotopic (exact) mass is 371 g/mol. The van der Waals surface area contributed by atoms with E-state index in [2.05, 4.69) is 17.4 Å². The van der Waals surface area contributed by atoms with E-state index in [1.165, 1.54) is 11.8 Å². The normalized spacial score (nSPS) is 10.8. The van der Waals surface area contributed by atoms with Gasteiger partial charge in [0.1, 0.15) is 0 Å². The van der Waals surface area contributed by atoms with Crippen LogP contribution in [-0.2, 0) is 13.1 Å². The van der Waals surface area contributed by atoms with Gasteiger partial charge in [0, 0.05) is 29.4 Å². The molecule has 2 aromatic heterocycles. The highest BCUT2D eigenvalue weighted by molar-refractivity contribution is 5.92. The maximum Gasteiger partial charge on any atom is 0.287 e. The minimum absolute atomic E-state index is 0.225. The van der Waals surface area contributed by atoms with Crippen molar-refractivity contribution in [1.29, 1.82) is 0 Å². The number of nitrogens with zero attached hydrogens (tertiary/aromatic N) is 2. The third kappa shape index (κ3) is 3.88. The predicted octanol–water partition coefficient (Wildman–Crippen LogP) is 4.43. The average Bonchev–Trinajstić information content (AvgIpc) is 3.33. The number of nitrogens with one attached hydrogen (secondary N) is 1. The van der Waals surface area contributed by atoms with Gasteiger partial charge in [0.2, 0.25) is 0 Å². The van der Waals surface area contributed by atoms with Gasteiger partial charge in [-0.05, 0) is 18.6 Å². The Morgan fingerprint density at radius 3 is 2.43 bits per heavy atom. The molecule has 0 unspecified atom stereocenters. The van der Waals surface area contributed by atoms with Crippen LogP contribution in [0.1, 0.15) is 27.2 Å². The lowest BCUT2D eigenvalue weighted by molar-refractivity contribution is 0.0922. The third-order valence-corrected chi connectivity index (χ3v) is 4.58. The molecule has 2 aromatic carbocycles. The van der Waals surface area contributed by atoms with E-state index >= 15 is 0 Å². The number of carbonyl (C=O) groups is 1. The van der Waals surface area contributed by atoms with Crippen LogP contribution in [0.5, 0.6) is 0 Å². The molecule has 5 nitrogen and oxygen atoms in total. The Morgan fingerprint density at radius 2 is 1.75 bits per heavy atom. The van der Waals surface area contributed by atoms with Crippen molar-refractivity contribution >= 4 is 5.91 Å². The van der Waals surface area contributed by atoms with Gasteiger partial charge >= 0.3 is 0 Å². The summed E-state index contributed by atoms with van der Waals surface area (Å²) in [5, 5.41) is 7.72. The van der Waals surface area contributed by atoms with E-state index in [1.54, 1.807) is 6.07 Å². The second-order valence-corrected chi connectivity index (χ2v) is 6.67. The average molecular weight is 371 g/mol. The summed E-state index contributed by atoms with van der Waals surface area (Å²) in [5.74, 6) is 0.121. The zero-order valence-corrected chi connectivity index (χ0v) is 15.6. The minimum Gasteiger partial charge on any atom is -0.459 e. The van der Waals surface area contributed by atoms with E-state index in [4.69, 9.17) is 9.52 Å². The van der Waals surface area contributed by atoms with Crippen molar-refractivity contribution in [3.8, 4) is 11.3 Å². The van der Waals surface area contributed by atoms with Gasteiger partial charge in [-0.25, -0.2) is 0 Å². The second kappa shape index (κ2) is 7.96. The van der Waals surface area contributed by atoms with Gasteiger partial charge in [-0.15, -0.1) is 0 Å². The van der Waals surface area contributed by atoms with Crippen LogP contribution < -0.4 is 5.32 Å². The van der Waals surface area contributed by atoms with Crippen molar-refractivity contribution in [3.63, 3.8) is 0 Å². The van der Waals surface area contributed by atoms with E-state index < -0.39 is 0 Å². The number of aryl methyl sites for hydroxylation is 1. The lowest BCUT2D eigenvalue weighted by Gasteiger charge is -2.05. The maximum atomic E-state index is 12.4. The lowest BCUT2D eigenvalue weighted by atomic mass is 10.1. The number of furan rings is 1. The molecule has 4 aromatic rings. The van der Waals surface area contributed by atoms with E-state index in [1.807, 2.05) is 66.3 Å². The molecule has 1 N–H and O–H groups in total. The summed E-state index contributed by atoms with van der Waals surface area (Å²) < 4.78 is 7.19. The number of amides is 1. The fourth-order valence-corrected chi connectivity index (χ4v) is 3.14. The molecule has 0 bridgehead atoms. The van der Waals surface area contributed by atoms with Crippen LogP contribution in [0.3, 0.4) is 0 Å².